The van der Waals surface area contributed by atoms with E-state index in [0.717, 1.165) is 17.4 Å². The van der Waals surface area contributed by atoms with Crippen molar-refractivity contribution in [1.82, 2.24) is 9.55 Å². The minimum atomic E-state index is -0.195. The maximum atomic E-state index is 11.5. The Balaban J connectivity index is 2.89. The molecule has 0 unspecified atom stereocenters. The number of benzene rings is 1. The van der Waals surface area contributed by atoms with Gasteiger partial charge in [0.25, 0.3) is 0 Å². The molecule has 0 spiro atoms. The number of nitrogens with one attached hydrogen (secondary N) is 1. The van der Waals surface area contributed by atoms with Gasteiger partial charge in [-0.25, -0.2) is 4.79 Å². The van der Waals surface area contributed by atoms with Crippen molar-refractivity contribution < 1.29 is 4.79 Å². The summed E-state index contributed by atoms with van der Waals surface area (Å²) in [5.41, 5.74) is 2.80. The molecule has 1 heterocycles. The number of hydrogen-bond acceptors (Lipinski definition) is 2. The highest BCUT2D eigenvalue weighted by Crippen LogP contribution is 2.22. The van der Waals surface area contributed by atoms with Gasteiger partial charge in [-0.2, -0.15) is 0 Å². The molecule has 0 saturated carbocycles. The topological polar surface area (TPSA) is 54.9 Å². The summed E-state index contributed by atoms with van der Waals surface area (Å²) >= 11 is 0. The Hall–Kier alpha value is -1.84. The molecule has 84 valence electrons. The van der Waals surface area contributed by atoms with Crippen molar-refractivity contribution in [2.75, 3.05) is 0 Å². The SMILES string of the molecule is CC(C)c1cc(C=O)c2[nH]c(=O)n(C)c2c1. The highest BCUT2D eigenvalue weighted by Gasteiger charge is 2.11. The summed E-state index contributed by atoms with van der Waals surface area (Å²) < 4.78 is 1.52. The minimum Gasteiger partial charge on any atom is -0.305 e. The normalized spacial score (nSPS) is 11.2. The summed E-state index contributed by atoms with van der Waals surface area (Å²) in [5.74, 6) is 0.327. The molecule has 1 N–H and O–H groups in total. The standard InChI is InChI=1S/C12H14N2O2/c1-7(2)8-4-9(6-15)11-10(5-8)14(3)12(16)13-11/h4-7H,1-3H3,(H,13,16). The number of carbonyl (C=O) groups is 1. The van der Waals surface area contributed by atoms with E-state index in [-0.39, 0.29) is 5.69 Å². The number of aromatic nitrogens is 2. The minimum absolute atomic E-state index is 0.195. The first-order chi connectivity index (χ1) is 7.54. The summed E-state index contributed by atoms with van der Waals surface area (Å²) in [5, 5.41) is 0. The van der Waals surface area contributed by atoms with Crippen LogP contribution in [0.25, 0.3) is 11.0 Å². The van der Waals surface area contributed by atoms with E-state index in [9.17, 15) is 9.59 Å². The number of imidazole rings is 1. The Morgan fingerprint density at radius 2 is 2.06 bits per heavy atom. The van der Waals surface area contributed by atoms with Crippen LogP contribution in [-0.2, 0) is 7.05 Å². The van der Waals surface area contributed by atoms with Crippen molar-refractivity contribution in [3.05, 3.63) is 33.7 Å². The summed E-state index contributed by atoms with van der Waals surface area (Å²) in [6.07, 6.45) is 0.782. The third kappa shape index (κ3) is 1.46. The summed E-state index contributed by atoms with van der Waals surface area (Å²) in [6.45, 7) is 4.11. The first-order valence-corrected chi connectivity index (χ1v) is 5.22. The molecule has 0 aliphatic rings. The fraction of sp³-hybridized carbons (Fsp3) is 0.333. The van der Waals surface area contributed by atoms with E-state index in [0.29, 0.717) is 17.0 Å². The highest BCUT2D eigenvalue weighted by atomic mass is 16.1. The van der Waals surface area contributed by atoms with Gasteiger partial charge in [0.1, 0.15) is 0 Å². The summed E-state index contributed by atoms with van der Waals surface area (Å²) in [7, 11) is 1.69. The van der Waals surface area contributed by atoms with Crippen molar-refractivity contribution in [1.29, 1.82) is 0 Å². The van der Waals surface area contributed by atoms with Crippen molar-refractivity contribution in [2.24, 2.45) is 7.05 Å². The number of hydrogen-bond donors (Lipinski definition) is 1. The largest absolute Gasteiger partial charge is 0.326 e. The lowest BCUT2D eigenvalue weighted by atomic mass is 10.00. The number of fused-ring (bicyclic) bond motifs is 1. The van der Waals surface area contributed by atoms with Crippen LogP contribution in [-0.4, -0.2) is 15.8 Å². The van der Waals surface area contributed by atoms with Crippen molar-refractivity contribution >= 4 is 17.3 Å². The first kappa shape index (κ1) is 10.7. The van der Waals surface area contributed by atoms with Gasteiger partial charge in [0.2, 0.25) is 0 Å². The van der Waals surface area contributed by atoms with Crippen LogP contribution >= 0.6 is 0 Å². The van der Waals surface area contributed by atoms with Gasteiger partial charge < -0.3 is 4.98 Å². The number of carbonyl (C=O) groups excluding carboxylic acids is 1. The molecule has 0 atom stereocenters. The highest BCUT2D eigenvalue weighted by molar-refractivity contribution is 5.94. The van der Waals surface area contributed by atoms with E-state index in [1.165, 1.54) is 4.57 Å². The van der Waals surface area contributed by atoms with Gasteiger partial charge >= 0.3 is 5.69 Å². The Morgan fingerprint density at radius 3 is 2.62 bits per heavy atom. The van der Waals surface area contributed by atoms with Crippen molar-refractivity contribution in [2.45, 2.75) is 19.8 Å². The predicted molar refractivity (Wildman–Crippen MR) is 63.0 cm³/mol. The monoisotopic (exact) mass is 218 g/mol. The number of aromatic amines is 1. The second-order valence-corrected chi connectivity index (χ2v) is 4.27. The Labute approximate surface area is 92.9 Å². The molecular formula is C12H14N2O2. The molecule has 1 aromatic carbocycles. The molecule has 0 radical (unpaired) electrons. The second-order valence-electron chi connectivity index (χ2n) is 4.27. The molecule has 2 aromatic rings. The average Bonchev–Trinajstić information content (AvgIpc) is 2.54. The second kappa shape index (κ2) is 3.63. The van der Waals surface area contributed by atoms with Gasteiger partial charge in [0.15, 0.2) is 6.29 Å². The fourth-order valence-electron chi connectivity index (χ4n) is 1.80. The third-order valence-corrected chi connectivity index (χ3v) is 2.86. The van der Waals surface area contributed by atoms with Gasteiger partial charge in [-0.05, 0) is 23.6 Å². The summed E-state index contributed by atoms with van der Waals surface area (Å²) in [4.78, 5) is 25.2. The number of rotatable bonds is 2. The lowest BCUT2D eigenvalue weighted by Crippen LogP contribution is -2.11. The lowest BCUT2D eigenvalue weighted by Gasteiger charge is -2.07. The zero-order chi connectivity index (χ0) is 11.9. The van der Waals surface area contributed by atoms with Crippen LogP contribution in [0, 0.1) is 0 Å². The first-order valence-electron chi connectivity index (χ1n) is 5.22. The van der Waals surface area contributed by atoms with E-state index in [1.54, 1.807) is 7.05 Å². The number of H-pyrrole nitrogens is 1. The maximum absolute atomic E-state index is 11.5. The third-order valence-electron chi connectivity index (χ3n) is 2.86. The van der Waals surface area contributed by atoms with Crippen LogP contribution in [0.3, 0.4) is 0 Å². The smallest absolute Gasteiger partial charge is 0.305 e. The molecule has 4 heteroatoms. The van der Waals surface area contributed by atoms with Crippen LogP contribution in [0.2, 0.25) is 0 Å². The molecule has 4 nitrogen and oxygen atoms in total. The van der Waals surface area contributed by atoms with Gasteiger partial charge in [0, 0.05) is 12.6 Å². The van der Waals surface area contributed by atoms with E-state index in [2.05, 4.69) is 18.8 Å². The van der Waals surface area contributed by atoms with Crippen molar-refractivity contribution in [3.63, 3.8) is 0 Å². The molecule has 0 aliphatic heterocycles. The summed E-state index contributed by atoms with van der Waals surface area (Å²) in [6, 6.07) is 3.78. The van der Waals surface area contributed by atoms with Gasteiger partial charge in [-0.3, -0.25) is 9.36 Å². The molecule has 0 fully saturated rings. The van der Waals surface area contributed by atoms with Crippen LogP contribution < -0.4 is 5.69 Å². The molecule has 0 amide bonds. The molecular weight excluding hydrogens is 204 g/mol. The zero-order valence-corrected chi connectivity index (χ0v) is 9.57. The average molecular weight is 218 g/mol. The van der Waals surface area contributed by atoms with E-state index >= 15 is 0 Å². The fourth-order valence-corrected chi connectivity index (χ4v) is 1.80. The van der Waals surface area contributed by atoms with E-state index in [4.69, 9.17) is 0 Å². The van der Waals surface area contributed by atoms with Crippen molar-refractivity contribution in [3.8, 4) is 0 Å². The van der Waals surface area contributed by atoms with E-state index in [1.807, 2.05) is 12.1 Å². The van der Waals surface area contributed by atoms with Gasteiger partial charge in [0.05, 0.1) is 11.0 Å². The van der Waals surface area contributed by atoms with Gasteiger partial charge in [-0.15, -0.1) is 0 Å². The Bertz CT molecular complexity index is 605. The van der Waals surface area contributed by atoms with Crippen LogP contribution in [0.5, 0.6) is 0 Å². The van der Waals surface area contributed by atoms with Gasteiger partial charge in [-0.1, -0.05) is 13.8 Å². The van der Waals surface area contributed by atoms with Crippen LogP contribution in [0.15, 0.2) is 16.9 Å². The predicted octanol–water partition coefficient (Wildman–Crippen LogP) is 1.80. The number of aldehydes is 1. The quantitative estimate of drug-likeness (QED) is 0.781. The molecule has 0 saturated heterocycles. The number of aryl methyl sites for hydroxylation is 1. The molecule has 16 heavy (non-hydrogen) atoms. The van der Waals surface area contributed by atoms with E-state index < -0.39 is 0 Å². The molecule has 1 aromatic heterocycles. The maximum Gasteiger partial charge on any atom is 0.326 e. The van der Waals surface area contributed by atoms with Crippen LogP contribution in [0.4, 0.5) is 0 Å². The lowest BCUT2D eigenvalue weighted by molar-refractivity contribution is 0.112. The molecule has 0 aliphatic carbocycles. The van der Waals surface area contributed by atoms with Crippen LogP contribution in [0.1, 0.15) is 35.7 Å². The number of nitrogens with zero attached hydrogens (tertiary/aromatic N) is 1. The Kier molecular flexibility index (Phi) is 2.42. The zero-order valence-electron chi connectivity index (χ0n) is 9.57. The molecule has 2 rings (SSSR count). The molecule has 0 bridgehead atoms. The Morgan fingerprint density at radius 1 is 1.38 bits per heavy atom.